The van der Waals surface area contributed by atoms with Crippen LogP contribution >= 0.6 is 0 Å². The molecule has 23 heavy (non-hydrogen) atoms. The summed E-state index contributed by atoms with van der Waals surface area (Å²) in [6.07, 6.45) is 2.27. The van der Waals surface area contributed by atoms with Gasteiger partial charge in [0, 0.05) is 12.0 Å². The number of nitrogens with one attached hydrogen (secondary N) is 1. The molecule has 0 heterocycles. The molecule has 1 aliphatic carbocycles. The van der Waals surface area contributed by atoms with Crippen molar-refractivity contribution < 1.29 is 28.2 Å². The molecule has 0 aromatic heterocycles. The van der Waals surface area contributed by atoms with Crippen LogP contribution in [0, 0.1) is 11.3 Å². The van der Waals surface area contributed by atoms with Crippen LogP contribution < -0.4 is 5.32 Å². The van der Waals surface area contributed by atoms with E-state index in [4.69, 9.17) is 5.11 Å². The summed E-state index contributed by atoms with van der Waals surface area (Å²) in [4.78, 5) is 22.5. The van der Waals surface area contributed by atoms with Gasteiger partial charge in [-0.2, -0.15) is 8.78 Å². The molecule has 1 saturated carbocycles. The number of esters is 1. The van der Waals surface area contributed by atoms with E-state index < -0.39 is 29.2 Å². The quantitative estimate of drug-likeness (QED) is 0.667. The Kier molecular flexibility index (Phi) is 6.92. The highest BCUT2D eigenvalue weighted by Crippen LogP contribution is 2.37. The van der Waals surface area contributed by atoms with Crippen LogP contribution in [-0.4, -0.2) is 42.2 Å². The molecule has 1 aliphatic rings. The minimum absolute atomic E-state index is 0.0624. The third kappa shape index (κ3) is 5.41. The van der Waals surface area contributed by atoms with Gasteiger partial charge >= 0.3 is 17.9 Å². The molecule has 0 bridgehead atoms. The molecular formula is C16H27F2NO4. The monoisotopic (exact) mass is 335 g/mol. The van der Waals surface area contributed by atoms with E-state index in [1.165, 1.54) is 6.92 Å². The van der Waals surface area contributed by atoms with Crippen LogP contribution in [0.15, 0.2) is 0 Å². The summed E-state index contributed by atoms with van der Waals surface area (Å²) in [5.74, 6) is -6.82. The lowest BCUT2D eigenvalue weighted by molar-refractivity contribution is -0.182. The highest BCUT2D eigenvalue weighted by molar-refractivity contribution is 5.78. The Morgan fingerprint density at radius 2 is 1.96 bits per heavy atom. The topological polar surface area (TPSA) is 75.6 Å². The largest absolute Gasteiger partial charge is 0.481 e. The molecule has 0 saturated heterocycles. The molecule has 1 rings (SSSR count). The first-order valence-electron chi connectivity index (χ1n) is 8.13. The van der Waals surface area contributed by atoms with Gasteiger partial charge in [-0.15, -0.1) is 0 Å². The van der Waals surface area contributed by atoms with Gasteiger partial charge in [-0.05, 0) is 53.0 Å². The zero-order chi connectivity index (χ0) is 17.7. The summed E-state index contributed by atoms with van der Waals surface area (Å²) < 4.78 is 32.7. The summed E-state index contributed by atoms with van der Waals surface area (Å²) in [5, 5.41) is 12.2. The Morgan fingerprint density at radius 3 is 2.52 bits per heavy atom. The van der Waals surface area contributed by atoms with Crippen molar-refractivity contribution >= 4 is 11.9 Å². The summed E-state index contributed by atoms with van der Waals surface area (Å²) in [5.41, 5.74) is -0.851. The fourth-order valence-corrected chi connectivity index (χ4v) is 2.79. The van der Waals surface area contributed by atoms with Gasteiger partial charge in [0.05, 0.1) is 12.0 Å². The van der Waals surface area contributed by atoms with Crippen molar-refractivity contribution in [3.8, 4) is 0 Å². The minimum atomic E-state index is -3.46. The van der Waals surface area contributed by atoms with E-state index in [0.717, 1.165) is 6.42 Å². The number of hydrogen-bond donors (Lipinski definition) is 2. The third-order valence-electron chi connectivity index (χ3n) is 4.50. The minimum Gasteiger partial charge on any atom is -0.481 e. The molecule has 0 spiro atoms. The van der Waals surface area contributed by atoms with Crippen LogP contribution in [0.25, 0.3) is 0 Å². The first kappa shape index (κ1) is 19.8. The maximum atomic E-state index is 14.1. The molecule has 0 aliphatic heterocycles. The standard InChI is InChI=1S/C16H27F2NO4/c1-4-23-14(22)16(17,18)11-6-5-7-12(10-11)19-9-8-15(2,3)13(20)21/h11-12,19H,4-10H2,1-3H3,(H,20,21). The Bertz CT molecular complexity index is 426. The lowest BCUT2D eigenvalue weighted by atomic mass is 9.81. The Morgan fingerprint density at radius 1 is 1.30 bits per heavy atom. The predicted octanol–water partition coefficient (Wildman–Crippen LogP) is 2.83. The van der Waals surface area contributed by atoms with Crippen molar-refractivity contribution in [3.05, 3.63) is 0 Å². The van der Waals surface area contributed by atoms with E-state index in [9.17, 15) is 18.4 Å². The number of hydrogen-bond acceptors (Lipinski definition) is 4. The molecule has 2 atom stereocenters. The molecule has 0 amide bonds. The van der Waals surface area contributed by atoms with Gasteiger partial charge in [0.25, 0.3) is 0 Å². The molecule has 2 unspecified atom stereocenters. The summed E-state index contributed by atoms with van der Waals surface area (Å²) in [6.45, 7) is 5.16. The smallest absolute Gasteiger partial charge is 0.377 e. The van der Waals surface area contributed by atoms with Gasteiger partial charge < -0.3 is 15.2 Å². The van der Waals surface area contributed by atoms with Gasteiger partial charge in [-0.3, -0.25) is 4.79 Å². The van der Waals surface area contributed by atoms with Gasteiger partial charge in [0.1, 0.15) is 0 Å². The van der Waals surface area contributed by atoms with E-state index in [1.54, 1.807) is 13.8 Å². The second kappa shape index (κ2) is 8.04. The number of halogens is 2. The molecule has 0 radical (unpaired) electrons. The van der Waals surface area contributed by atoms with E-state index in [1.807, 2.05) is 0 Å². The van der Waals surface area contributed by atoms with Crippen molar-refractivity contribution in [3.63, 3.8) is 0 Å². The molecule has 5 nitrogen and oxygen atoms in total. The van der Waals surface area contributed by atoms with Crippen molar-refractivity contribution in [2.45, 2.75) is 64.8 Å². The van der Waals surface area contributed by atoms with E-state index in [0.29, 0.717) is 25.8 Å². The number of rotatable bonds is 8. The zero-order valence-electron chi connectivity index (χ0n) is 14.0. The Hall–Kier alpha value is -1.24. The molecule has 7 heteroatoms. The number of carbonyl (C=O) groups is 2. The van der Waals surface area contributed by atoms with Crippen LogP contribution in [0.1, 0.15) is 52.9 Å². The van der Waals surface area contributed by atoms with Gasteiger partial charge in [0.15, 0.2) is 0 Å². The van der Waals surface area contributed by atoms with Crippen molar-refractivity contribution in [1.29, 1.82) is 0 Å². The fourth-order valence-electron chi connectivity index (χ4n) is 2.79. The average Bonchev–Trinajstić information content (AvgIpc) is 2.47. The van der Waals surface area contributed by atoms with Crippen molar-refractivity contribution in [2.24, 2.45) is 11.3 Å². The van der Waals surface area contributed by atoms with Crippen molar-refractivity contribution in [2.75, 3.05) is 13.2 Å². The number of aliphatic carboxylic acids is 1. The maximum absolute atomic E-state index is 14.1. The van der Waals surface area contributed by atoms with Crippen LogP contribution in [0.3, 0.4) is 0 Å². The third-order valence-corrected chi connectivity index (χ3v) is 4.50. The summed E-state index contributed by atoms with van der Waals surface area (Å²) >= 11 is 0. The van der Waals surface area contributed by atoms with Crippen LogP contribution in [0.5, 0.6) is 0 Å². The van der Waals surface area contributed by atoms with Gasteiger partial charge in [-0.1, -0.05) is 6.42 Å². The highest BCUT2D eigenvalue weighted by Gasteiger charge is 2.49. The zero-order valence-corrected chi connectivity index (χ0v) is 14.0. The molecule has 0 aromatic rings. The SMILES string of the molecule is CCOC(=O)C(F)(F)C1CCCC(NCCC(C)(C)C(=O)O)C1. The molecule has 134 valence electrons. The Balaban J connectivity index is 2.52. The summed E-state index contributed by atoms with van der Waals surface area (Å²) in [6, 6.07) is -0.126. The number of carbonyl (C=O) groups excluding carboxylic acids is 1. The van der Waals surface area contributed by atoms with Crippen LogP contribution in [-0.2, 0) is 14.3 Å². The normalized spacial score (nSPS) is 22.7. The molecule has 0 aromatic carbocycles. The van der Waals surface area contributed by atoms with E-state index >= 15 is 0 Å². The first-order chi connectivity index (χ1) is 10.6. The number of carboxylic acid groups (broad SMARTS) is 1. The van der Waals surface area contributed by atoms with E-state index in [2.05, 4.69) is 10.1 Å². The predicted molar refractivity (Wildman–Crippen MR) is 81.4 cm³/mol. The molecular weight excluding hydrogens is 308 g/mol. The van der Waals surface area contributed by atoms with Crippen LogP contribution in [0.4, 0.5) is 8.78 Å². The van der Waals surface area contributed by atoms with Crippen LogP contribution in [0.2, 0.25) is 0 Å². The van der Waals surface area contributed by atoms with E-state index in [-0.39, 0.29) is 19.1 Å². The van der Waals surface area contributed by atoms with Crippen molar-refractivity contribution in [1.82, 2.24) is 5.32 Å². The number of ether oxygens (including phenoxy) is 1. The maximum Gasteiger partial charge on any atom is 0.377 e. The molecule has 1 fully saturated rings. The fraction of sp³-hybridized carbons (Fsp3) is 0.875. The second-order valence-corrected chi connectivity index (χ2v) is 6.80. The lowest BCUT2D eigenvalue weighted by Crippen LogP contribution is -2.45. The summed E-state index contributed by atoms with van der Waals surface area (Å²) in [7, 11) is 0. The number of carboxylic acids is 1. The Labute approximate surface area is 135 Å². The van der Waals surface area contributed by atoms with Gasteiger partial charge in [0.2, 0.25) is 0 Å². The molecule has 2 N–H and O–H groups in total. The lowest BCUT2D eigenvalue weighted by Gasteiger charge is -2.34. The average molecular weight is 335 g/mol. The van der Waals surface area contributed by atoms with Gasteiger partial charge in [-0.25, -0.2) is 4.79 Å². The number of alkyl halides is 2. The first-order valence-corrected chi connectivity index (χ1v) is 8.13. The second-order valence-electron chi connectivity index (χ2n) is 6.80. The highest BCUT2D eigenvalue weighted by atomic mass is 19.3.